The highest BCUT2D eigenvalue weighted by molar-refractivity contribution is 9.10. The van der Waals surface area contributed by atoms with Gasteiger partial charge in [-0.2, -0.15) is 0 Å². The second-order valence-electron chi connectivity index (χ2n) is 4.97. The van der Waals surface area contributed by atoms with Crippen molar-refractivity contribution < 1.29 is 4.79 Å². The van der Waals surface area contributed by atoms with Crippen LogP contribution in [0.2, 0.25) is 0 Å². The van der Waals surface area contributed by atoms with Gasteiger partial charge in [-0.1, -0.05) is 25.0 Å². The van der Waals surface area contributed by atoms with Gasteiger partial charge in [0.1, 0.15) is 0 Å². The van der Waals surface area contributed by atoms with E-state index in [9.17, 15) is 4.79 Å². The molecule has 0 heterocycles. The first-order valence-electron chi connectivity index (χ1n) is 6.15. The van der Waals surface area contributed by atoms with E-state index in [-0.39, 0.29) is 5.91 Å². The lowest BCUT2D eigenvalue weighted by molar-refractivity contribution is 0.0929. The molecule has 2 unspecified atom stereocenters. The maximum absolute atomic E-state index is 12.2. The van der Waals surface area contributed by atoms with Crippen molar-refractivity contribution in [2.45, 2.75) is 39.2 Å². The Kier molecular flexibility index (Phi) is 3.87. The van der Waals surface area contributed by atoms with Crippen molar-refractivity contribution in [3.05, 3.63) is 33.8 Å². The van der Waals surface area contributed by atoms with E-state index < -0.39 is 0 Å². The summed E-state index contributed by atoms with van der Waals surface area (Å²) in [7, 11) is 0. The van der Waals surface area contributed by atoms with Gasteiger partial charge in [0.2, 0.25) is 0 Å². The third-order valence-corrected chi connectivity index (χ3v) is 4.24. The summed E-state index contributed by atoms with van der Waals surface area (Å²) in [5.41, 5.74) is 1.85. The van der Waals surface area contributed by atoms with Crippen LogP contribution in [-0.2, 0) is 0 Å². The number of carbonyl (C=O) groups is 1. The molecular formula is C14H18BrNO. The van der Waals surface area contributed by atoms with Crippen LogP contribution < -0.4 is 5.32 Å². The summed E-state index contributed by atoms with van der Waals surface area (Å²) in [5.74, 6) is 0.641. The smallest absolute Gasteiger partial charge is 0.252 e. The topological polar surface area (TPSA) is 29.1 Å². The van der Waals surface area contributed by atoms with E-state index >= 15 is 0 Å². The van der Waals surface area contributed by atoms with Crippen LogP contribution in [0.25, 0.3) is 0 Å². The predicted octanol–water partition coefficient (Wildman–Crippen LogP) is 3.68. The van der Waals surface area contributed by atoms with Crippen LogP contribution in [0.5, 0.6) is 0 Å². The average molecular weight is 296 g/mol. The molecule has 0 aromatic heterocycles. The number of carbonyl (C=O) groups excluding carboxylic acids is 1. The first kappa shape index (κ1) is 12.6. The van der Waals surface area contributed by atoms with Crippen molar-refractivity contribution in [2.75, 3.05) is 0 Å². The molecule has 17 heavy (non-hydrogen) atoms. The summed E-state index contributed by atoms with van der Waals surface area (Å²) in [6, 6.07) is 6.20. The van der Waals surface area contributed by atoms with Gasteiger partial charge in [-0.3, -0.25) is 4.79 Å². The second kappa shape index (κ2) is 5.21. The molecule has 0 saturated heterocycles. The Morgan fingerprint density at radius 2 is 2.18 bits per heavy atom. The summed E-state index contributed by atoms with van der Waals surface area (Å²) < 4.78 is 0.867. The second-order valence-corrected chi connectivity index (χ2v) is 5.83. The first-order chi connectivity index (χ1) is 8.08. The normalized spacial score (nSPS) is 23.7. The molecule has 0 bridgehead atoms. The van der Waals surface area contributed by atoms with Crippen LogP contribution in [0.1, 0.15) is 42.1 Å². The van der Waals surface area contributed by atoms with Gasteiger partial charge in [-0.25, -0.2) is 0 Å². The van der Waals surface area contributed by atoms with Gasteiger partial charge in [0.05, 0.1) is 5.56 Å². The number of hydrogen-bond donors (Lipinski definition) is 1. The Morgan fingerprint density at radius 1 is 1.41 bits per heavy atom. The van der Waals surface area contributed by atoms with Gasteiger partial charge in [0.15, 0.2) is 0 Å². The van der Waals surface area contributed by atoms with Crippen molar-refractivity contribution >= 4 is 21.8 Å². The minimum atomic E-state index is 0.0410. The van der Waals surface area contributed by atoms with Gasteiger partial charge in [0, 0.05) is 10.5 Å². The lowest BCUT2D eigenvalue weighted by Gasteiger charge is -2.17. The van der Waals surface area contributed by atoms with Crippen LogP contribution in [0.4, 0.5) is 0 Å². The number of hydrogen-bond acceptors (Lipinski definition) is 1. The summed E-state index contributed by atoms with van der Waals surface area (Å²) in [4.78, 5) is 12.2. The SMILES string of the molecule is Cc1ccc(Br)c(C(=O)NC2CCCC2C)c1. The van der Waals surface area contributed by atoms with Crippen LogP contribution in [0, 0.1) is 12.8 Å². The fourth-order valence-electron chi connectivity index (χ4n) is 2.42. The number of benzene rings is 1. The van der Waals surface area contributed by atoms with E-state index in [0.29, 0.717) is 12.0 Å². The zero-order valence-electron chi connectivity index (χ0n) is 10.3. The molecule has 1 N–H and O–H groups in total. The van der Waals surface area contributed by atoms with E-state index in [2.05, 4.69) is 28.2 Å². The summed E-state index contributed by atoms with van der Waals surface area (Å²) in [6.45, 7) is 4.21. The minimum Gasteiger partial charge on any atom is -0.349 e. The molecule has 1 fully saturated rings. The Labute approximate surface area is 111 Å². The van der Waals surface area contributed by atoms with Crippen LogP contribution in [-0.4, -0.2) is 11.9 Å². The zero-order valence-corrected chi connectivity index (χ0v) is 11.9. The van der Waals surface area contributed by atoms with Crippen LogP contribution in [0.15, 0.2) is 22.7 Å². The van der Waals surface area contributed by atoms with Crippen LogP contribution >= 0.6 is 15.9 Å². The van der Waals surface area contributed by atoms with Crippen molar-refractivity contribution in [1.29, 1.82) is 0 Å². The highest BCUT2D eigenvalue weighted by Crippen LogP contribution is 2.26. The van der Waals surface area contributed by atoms with E-state index in [1.165, 1.54) is 12.8 Å². The fourth-order valence-corrected chi connectivity index (χ4v) is 2.85. The molecule has 1 aromatic carbocycles. The molecule has 0 spiro atoms. The largest absolute Gasteiger partial charge is 0.349 e. The van der Waals surface area contributed by atoms with Gasteiger partial charge in [-0.15, -0.1) is 0 Å². The number of rotatable bonds is 2. The highest BCUT2D eigenvalue weighted by atomic mass is 79.9. The molecule has 1 saturated carbocycles. The molecule has 2 atom stereocenters. The van der Waals surface area contributed by atoms with Crippen molar-refractivity contribution in [2.24, 2.45) is 5.92 Å². The van der Waals surface area contributed by atoms with Gasteiger partial charge in [-0.05, 0) is 53.7 Å². The number of nitrogens with one attached hydrogen (secondary N) is 1. The molecule has 1 aromatic rings. The minimum absolute atomic E-state index is 0.0410. The molecule has 2 nitrogen and oxygen atoms in total. The zero-order chi connectivity index (χ0) is 12.4. The molecule has 92 valence electrons. The standard InChI is InChI=1S/C14H18BrNO/c1-9-6-7-12(15)11(8-9)14(17)16-13-5-3-4-10(13)2/h6-8,10,13H,3-5H2,1-2H3,(H,16,17). The maximum Gasteiger partial charge on any atom is 0.252 e. The van der Waals surface area contributed by atoms with E-state index in [1.54, 1.807) is 0 Å². The lowest BCUT2D eigenvalue weighted by Crippen LogP contribution is -2.36. The first-order valence-corrected chi connectivity index (χ1v) is 6.94. The van der Waals surface area contributed by atoms with E-state index in [4.69, 9.17) is 0 Å². The number of halogens is 1. The Morgan fingerprint density at radius 3 is 2.82 bits per heavy atom. The Balaban J connectivity index is 2.11. The quantitative estimate of drug-likeness (QED) is 0.886. The average Bonchev–Trinajstić information content (AvgIpc) is 2.68. The van der Waals surface area contributed by atoms with Crippen molar-refractivity contribution in [3.8, 4) is 0 Å². The predicted molar refractivity (Wildman–Crippen MR) is 73.1 cm³/mol. The fraction of sp³-hybridized carbons (Fsp3) is 0.500. The molecule has 0 radical (unpaired) electrons. The third kappa shape index (κ3) is 2.89. The van der Waals surface area contributed by atoms with E-state index in [0.717, 1.165) is 22.0 Å². The number of aryl methyl sites for hydroxylation is 1. The number of amides is 1. The summed E-state index contributed by atoms with van der Waals surface area (Å²) in [6.07, 6.45) is 3.55. The third-order valence-electron chi connectivity index (χ3n) is 3.54. The van der Waals surface area contributed by atoms with Crippen molar-refractivity contribution in [3.63, 3.8) is 0 Å². The maximum atomic E-state index is 12.2. The van der Waals surface area contributed by atoms with Gasteiger partial charge in [0.25, 0.3) is 5.91 Å². The highest BCUT2D eigenvalue weighted by Gasteiger charge is 2.25. The summed E-state index contributed by atoms with van der Waals surface area (Å²) >= 11 is 3.43. The molecule has 0 aliphatic heterocycles. The molecule has 2 rings (SSSR count). The lowest BCUT2D eigenvalue weighted by atomic mass is 10.1. The van der Waals surface area contributed by atoms with E-state index in [1.807, 2.05) is 25.1 Å². The Bertz CT molecular complexity index is 430. The molecule has 3 heteroatoms. The molecule has 1 aliphatic carbocycles. The molecule has 1 amide bonds. The Hall–Kier alpha value is -0.830. The summed E-state index contributed by atoms with van der Waals surface area (Å²) in [5, 5.41) is 3.14. The van der Waals surface area contributed by atoms with Gasteiger partial charge >= 0.3 is 0 Å². The molecular weight excluding hydrogens is 278 g/mol. The monoisotopic (exact) mass is 295 g/mol. The van der Waals surface area contributed by atoms with Gasteiger partial charge < -0.3 is 5.32 Å². The van der Waals surface area contributed by atoms with Crippen molar-refractivity contribution in [1.82, 2.24) is 5.32 Å². The molecule has 1 aliphatic rings. The van der Waals surface area contributed by atoms with Crippen LogP contribution in [0.3, 0.4) is 0 Å².